The van der Waals surface area contributed by atoms with E-state index >= 15 is 0 Å². The summed E-state index contributed by atoms with van der Waals surface area (Å²) in [5.41, 5.74) is 3.80. The van der Waals surface area contributed by atoms with Crippen LogP contribution >= 0.6 is 0 Å². The Labute approximate surface area is 127 Å². The standard InChI is InChI=1S/C18H25NO2/c1-13-8-9-18(11-20)10-16(13)17(21-12-18)14-4-6-15(7-5-14)19(2)3/h4-8,16-17,20H,9-12H2,1-3H3/t16-,17?,18-/m1/s1. The minimum atomic E-state index is -0.0513. The largest absolute Gasteiger partial charge is 0.396 e. The molecule has 1 aliphatic carbocycles. The van der Waals surface area contributed by atoms with Gasteiger partial charge in [0.05, 0.1) is 19.3 Å². The normalized spacial score (nSPS) is 31.7. The molecule has 114 valence electrons. The summed E-state index contributed by atoms with van der Waals surface area (Å²) in [5, 5.41) is 9.72. The number of hydrogen-bond acceptors (Lipinski definition) is 3. The second-order valence-corrected chi connectivity index (χ2v) is 6.84. The Morgan fingerprint density at radius 1 is 1.29 bits per heavy atom. The topological polar surface area (TPSA) is 32.7 Å². The van der Waals surface area contributed by atoms with Gasteiger partial charge in [-0.15, -0.1) is 0 Å². The van der Waals surface area contributed by atoms with Gasteiger partial charge in [-0.05, 0) is 37.5 Å². The van der Waals surface area contributed by atoms with Crippen molar-refractivity contribution in [2.45, 2.75) is 25.9 Å². The maximum atomic E-state index is 9.72. The van der Waals surface area contributed by atoms with Crippen LogP contribution in [0.2, 0.25) is 0 Å². The molecule has 0 spiro atoms. The lowest BCUT2D eigenvalue weighted by atomic mass is 9.67. The molecule has 1 unspecified atom stereocenters. The zero-order valence-electron chi connectivity index (χ0n) is 13.2. The predicted octanol–water partition coefficient (Wildman–Crippen LogP) is 3.16. The first kappa shape index (κ1) is 14.6. The van der Waals surface area contributed by atoms with Gasteiger partial charge < -0.3 is 14.7 Å². The van der Waals surface area contributed by atoms with Crippen molar-refractivity contribution in [3.05, 3.63) is 41.5 Å². The third-order valence-corrected chi connectivity index (χ3v) is 5.10. The summed E-state index contributed by atoms with van der Waals surface area (Å²) in [6.45, 7) is 3.07. The molecule has 2 bridgehead atoms. The lowest BCUT2D eigenvalue weighted by molar-refractivity contribution is -0.113. The molecule has 1 fully saturated rings. The molecule has 0 radical (unpaired) electrons. The Morgan fingerprint density at radius 3 is 2.62 bits per heavy atom. The molecule has 1 aromatic rings. The minimum Gasteiger partial charge on any atom is -0.396 e. The summed E-state index contributed by atoms with van der Waals surface area (Å²) in [6.07, 6.45) is 4.40. The van der Waals surface area contributed by atoms with Crippen LogP contribution in [-0.4, -0.2) is 32.4 Å². The van der Waals surface area contributed by atoms with E-state index in [0.717, 1.165) is 12.8 Å². The van der Waals surface area contributed by atoms with Crippen LogP contribution in [0.15, 0.2) is 35.9 Å². The number of allylic oxidation sites excluding steroid dienone is 1. The fourth-order valence-electron chi connectivity index (χ4n) is 3.55. The average Bonchev–Trinajstić information content (AvgIpc) is 2.52. The van der Waals surface area contributed by atoms with Gasteiger partial charge in [-0.3, -0.25) is 0 Å². The molecule has 3 rings (SSSR count). The molecular weight excluding hydrogens is 262 g/mol. The van der Waals surface area contributed by atoms with E-state index in [1.807, 2.05) is 0 Å². The van der Waals surface area contributed by atoms with E-state index in [2.05, 4.69) is 56.3 Å². The van der Waals surface area contributed by atoms with Gasteiger partial charge in [-0.25, -0.2) is 0 Å². The van der Waals surface area contributed by atoms with Crippen molar-refractivity contribution >= 4 is 5.69 Å². The van der Waals surface area contributed by atoms with Gasteiger partial charge in [0.15, 0.2) is 0 Å². The van der Waals surface area contributed by atoms with Crippen LogP contribution in [0.1, 0.15) is 31.4 Å². The van der Waals surface area contributed by atoms with Crippen molar-refractivity contribution in [3.63, 3.8) is 0 Å². The Hall–Kier alpha value is -1.32. The molecule has 1 heterocycles. The van der Waals surface area contributed by atoms with Gasteiger partial charge in [0.2, 0.25) is 0 Å². The SMILES string of the molecule is CC1=CC[C@@]2(CO)COC(c3ccc(N(C)C)cc3)[C@@H]1C2. The number of fused-ring (bicyclic) bond motifs is 2. The smallest absolute Gasteiger partial charge is 0.0890 e. The van der Waals surface area contributed by atoms with Crippen LogP contribution in [0, 0.1) is 11.3 Å². The van der Waals surface area contributed by atoms with Crippen LogP contribution in [0.5, 0.6) is 0 Å². The number of rotatable bonds is 3. The first-order valence-corrected chi connectivity index (χ1v) is 7.71. The van der Waals surface area contributed by atoms with Crippen LogP contribution in [0.25, 0.3) is 0 Å². The first-order chi connectivity index (χ1) is 10.0. The van der Waals surface area contributed by atoms with Crippen LogP contribution in [-0.2, 0) is 4.74 Å². The quantitative estimate of drug-likeness (QED) is 0.867. The van der Waals surface area contributed by atoms with Crippen LogP contribution < -0.4 is 4.90 Å². The van der Waals surface area contributed by atoms with E-state index in [4.69, 9.17) is 4.74 Å². The van der Waals surface area contributed by atoms with Crippen molar-refractivity contribution in [2.24, 2.45) is 11.3 Å². The van der Waals surface area contributed by atoms with E-state index in [9.17, 15) is 5.11 Å². The van der Waals surface area contributed by atoms with E-state index in [0.29, 0.717) is 12.5 Å². The van der Waals surface area contributed by atoms with Gasteiger partial charge in [-0.1, -0.05) is 23.8 Å². The lowest BCUT2D eigenvalue weighted by Crippen LogP contribution is -2.43. The Kier molecular flexibility index (Phi) is 3.80. The van der Waals surface area contributed by atoms with E-state index in [-0.39, 0.29) is 18.1 Å². The second kappa shape index (κ2) is 5.47. The van der Waals surface area contributed by atoms with Gasteiger partial charge in [-0.2, -0.15) is 0 Å². The third-order valence-electron chi connectivity index (χ3n) is 5.10. The van der Waals surface area contributed by atoms with Gasteiger partial charge in [0.25, 0.3) is 0 Å². The molecule has 1 aromatic carbocycles. The molecule has 1 aliphatic heterocycles. The van der Waals surface area contributed by atoms with Crippen molar-refractivity contribution < 1.29 is 9.84 Å². The van der Waals surface area contributed by atoms with Crippen molar-refractivity contribution in [1.82, 2.24) is 0 Å². The van der Waals surface area contributed by atoms with Crippen molar-refractivity contribution in [1.29, 1.82) is 0 Å². The highest BCUT2D eigenvalue weighted by Gasteiger charge is 2.44. The summed E-state index contributed by atoms with van der Waals surface area (Å²) in [7, 11) is 4.10. The number of benzene rings is 1. The lowest BCUT2D eigenvalue weighted by Gasteiger charge is -2.47. The summed E-state index contributed by atoms with van der Waals surface area (Å²) >= 11 is 0. The highest BCUT2D eigenvalue weighted by atomic mass is 16.5. The molecule has 21 heavy (non-hydrogen) atoms. The fraction of sp³-hybridized carbons (Fsp3) is 0.556. The first-order valence-electron chi connectivity index (χ1n) is 7.71. The average molecular weight is 287 g/mol. The summed E-state index contributed by atoms with van der Waals surface area (Å²) in [4.78, 5) is 2.11. The maximum absolute atomic E-state index is 9.72. The number of anilines is 1. The molecule has 1 N–H and O–H groups in total. The van der Waals surface area contributed by atoms with Crippen LogP contribution in [0.4, 0.5) is 5.69 Å². The monoisotopic (exact) mass is 287 g/mol. The number of aliphatic hydroxyl groups is 1. The van der Waals surface area contributed by atoms with E-state index in [1.165, 1.54) is 16.8 Å². The molecule has 3 nitrogen and oxygen atoms in total. The Morgan fingerprint density at radius 2 is 2.00 bits per heavy atom. The number of nitrogens with zero attached hydrogens (tertiary/aromatic N) is 1. The zero-order chi connectivity index (χ0) is 15.0. The second-order valence-electron chi connectivity index (χ2n) is 6.84. The molecule has 0 aromatic heterocycles. The maximum Gasteiger partial charge on any atom is 0.0890 e. The Bertz CT molecular complexity index is 535. The van der Waals surface area contributed by atoms with Crippen LogP contribution in [0.3, 0.4) is 0 Å². The van der Waals surface area contributed by atoms with Crippen molar-refractivity contribution in [3.8, 4) is 0 Å². The molecule has 3 heteroatoms. The number of ether oxygens (including phenoxy) is 1. The van der Waals surface area contributed by atoms with Crippen molar-refractivity contribution in [2.75, 3.05) is 32.2 Å². The highest BCUT2D eigenvalue weighted by Crippen LogP contribution is 2.50. The zero-order valence-corrected chi connectivity index (χ0v) is 13.2. The number of aliphatic hydroxyl groups excluding tert-OH is 1. The molecule has 2 aliphatic rings. The fourth-order valence-corrected chi connectivity index (χ4v) is 3.55. The van der Waals surface area contributed by atoms with E-state index in [1.54, 1.807) is 0 Å². The molecule has 1 saturated heterocycles. The van der Waals surface area contributed by atoms with Gasteiger partial charge >= 0.3 is 0 Å². The summed E-state index contributed by atoms with van der Waals surface area (Å²) in [6, 6.07) is 8.64. The highest BCUT2D eigenvalue weighted by molar-refractivity contribution is 5.46. The Balaban J connectivity index is 1.86. The van der Waals surface area contributed by atoms with Gasteiger partial charge in [0, 0.05) is 31.1 Å². The molecule has 0 amide bonds. The summed E-state index contributed by atoms with van der Waals surface area (Å²) < 4.78 is 6.18. The minimum absolute atomic E-state index is 0.0513. The third kappa shape index (κ3) is 2.60. The van der Waals surface area contributed by atoms with Gasteiger partial charge in [0.1, 0.15) is 0 Å². The molecular formula is C18H25NO2. The summed E-state index contributed by atoms with van der Waals surface area (Å²) in [5.74, 6) is 0.393. The molecule has 0 saturated carbocycles. The predicted molar refractivity (Wildman–Crippen MR) is 85.5 cm³/mol. The number of hydrogen-bond donors (Lipinski definition) is 1. The van der Waals surface area contributed by atoms with E-state index < -0.39 is 0 Å². The molecule has 3 atom stereocenters.